The Morgan fingerprint density at radius 3 is 2.08 bits per heavy atom. The smallest absolute Gasteiger partial charge is 0.0253 e. The second-order valence-corrected chi connectivity index (χ2v) is 11.5. The molecule has 0 heterocycles. The summed E-state index contributed by atoms with van der Waals surface area (Å²) in [4.78, 5) is 10.1. The van der Waals surface area contributed by atoms with Gasteiger partial charge in [-0.3, -0.25) is 0 Å². The SMILES string of the molecule is CC(C)(C)C([NH-])=O.C[SiH]C.[Cl][Zr+2][Cl].[c-]1cccc2c1Cc1ccccc1-2. The van der Waals surface area contributed by atoms with E-state index in [1.807, 2.05) is 6.07 Å². The molecule has 0 aliphatic heterocycles. The first-order valence-corrected chi connectivity index (χ1v) is 16.9. The third-order valence-electron chi connectivity index (χ3n) is 3.30. The molecule has 0 unspecified atom stereocenters. The van der Waals surface area contributed by atoms with Crippen molar-refractivity contribution in [2.45, 2.75) is 40.3 Å². The Bertz CT molecular complexity index is 629. The van der Waals surface area contributed by atoms with Crippen LogP contribution >= 0.6 is 17.0 Å². The maximum absolute atomic E-state index is 10.1. The molecule has 1 aliphatic rings. The van der Waals surface area contributed by atoms with Crippen LogP contribution in [0.4, 0.5) is 0 Å². The molecule has 0 fully saturated rings. The van der Waals surface area contributed by atoms with E-state index in [4.69, 9.17) is 22.8 Å². The molecule has 6 heteroatoms. The largest absolute Gasteiger partial charge is 0.179 e. The van der Waals surface area contributed by atoms with Crippen molar-refractivity contribution < 1.29 is 25.6 Å². The molecule has 3 rings (SSSR count). The molecular formula is C20H26Cl2NOSiZr. The quantitative estimate of drug-likeness (QED) is 0.262. The molecule has 2 aromatic carbocycles. The molecule has 0 saturated carbocycles. The molecule has 1 aliphatic carbocycles. The molecule has 2 aromatic rings. The predicted molar refractivity (Wildman–Crippen MR) is 113 cm³/mol. The number of amides is 1. The van der Waals surface area contributed by atoms with Gasteiger partial charge in [0.1, 0.15) is 0 Å². The summed E-state index contributed by atoms with van der Waals surface area (Å²) in [6, 6.07) is 18.1. The molecule has 2 nitrogen and oxygen atoms in total. The Labute approximate surface area is 179 Å². The Kier molecular flexibility index (Phi) is 13.5. The van der Waals surface area contributed by atoms with Crippen LogP contribution in [0.1, 0.15) is 31.9 Å². The summed E-state index contributed by atoms with van der Waals surface area (Å²) in [6.07, 6.45) is 1.05. The molecule has 139 valence electrons. The van der Waals surface area contributed by atoms with Gasteiger partial charge < -0.3 is 10.5 Å². The second kappa shape index (κ2) is 13.7. The van der Waals surface area contributed by atoms with Crippen molar-refractivity contribution in [3.05, 3.63) is 65.4 Å². The predicted octanol–water partition coefficient (Wildman–Crippen LogP) is 6.56. The first kappa shape index (κ1) is 25.6. The van der Waals surface area contributed by atoms with Crippen LogP contribution in [0.3, 0.4) is 0 Å². The zero-order valence-electron chi connectivity index (χ0n) is 16.0. The van der Waals surface area contributed by atoms with Gasteiger partial charge in [-0.15, -0.1) is 5.56 Å². The van der Waals surface area contributed by atoms with Crippen LogP contribution in [0.2, 0.25) is 13.1 Å². The second-order valence-electron chi connectivity index (χ2n) is 6.62. The number of carbonyl (C=O) groups is 1. The van der Waals surface area contributed by atoms with Crippen LogP contribution in [0.15, 0.2) is 42.5 Å². The van der Waals surface area contributed by atoms with Gasteiger partial charge in [0.25, 0.3) is 0 Å². The van der Waals surface area contributed by atoms with Gasteiger partial charge in [-0.25, -0.2) is 0 Å². The van der Waals surface area contributed by atoms with Gasteiger partial charge in [0.2, 0.25) is 0 Å². The van der Waals surface area contributed by atoms with Crippen molar-refractivity contribution in [3.8, 4) is 11.1 Å². The van der Waals surface area contributed by atoms with E-state index in [1.54, 1.807) is 20.8 Å². The minimum atomic E-state index is -0.826. The molecule has 1 amide bonds. The number of halogens is 2. The van der Waals surface area contributed by atoms with Gasteiger partial charge >= 0.3 is 37.9 Å². The number of benzene rings is 2. The Morgan fingerprint density at radius 2 is 1.58 bits per heavy atom. The van der Waals surface area contributed by atoms with Crippen molar-refractivity contribution in [2.75, 3.05) is 0 Å². The summed E-state index contributed by atoms with van der Waals surface area (Å²) < 4.78 is 0. The molecule has 0 bridgehead atoms. The van der Waals surface area contributed by atoms with Crippen LogP contribution < -0.4 is 0 Å². The summed E-state index contributed by atoms with van der Waals surface area (Å²) in [5, 5.41) is 0. The van der Waals surface area contributed by atoms with E-state index >= 15 is 0 Å². The first-order chi connectivity index (χ1) is 12.2. The maximum Gasteiger partial charge on any atom is -0.0253 e. The zero-order chi connectivity index (χ0) is 20.2. The third kappa shape index (κ3) is 9.50. The number of fused-ring (bicyclic) bond motifs is 3. The van der Waals surface area contributed by atoms with Crippen molar-refractivity contribution in [1.29, 1.82) is 0 Å². The van der Waals surface area contributed by atoms with Crippen molar-refractivity contribution in [1.82, 2.24) is 0 Å². The number of hydrogen-bond acceptors (Lipinski definition) is 1. The van der Waals surface area contributed by atoms with Gasteiger partial charge in [-0.05, 0) is 6.42 Å². The molecule has 1 N–H and O–H groups in total. The maximum atomic E-state index is 10.1. The van der Waals surface area contributed by atoms with Crippen LogP contribution in [0.25, 0.3) is 16.9 Å². The van der Waals surface area contributed by atoms with Crippen LogP contribution in [0, 0.1) is 11.5 Å². The van der Waals surface area contributed by atoms with E-state index in [-0.39, 0.29) is 0 Å². The molecule has 0 aromatic heterocycles. The number of carbonyl (C=O) groups excluding carboxylic acids is 1. The summed E-state index contributed by atoms with van der Waals surface area (Å²) in [5.74, 6) is -0.507. The van der Waals surface area contributed by atoms with Crippen molar-refractivity contribution >= 4 is 32.5 Å². The fourth-order valence-electron chi connectivity index (χ4n) is 2.00. The van der Waals surface area contributed by atoms with E-state index in [9.17, 15) is 4.79 Å². The molecule has 0 spiro atoms. The standard InChI is InChI=1S/C13H9.C5H11NO.C2H7Si.2ClH.Zr/c1-3-7-12-10(5-1)9-11-6-2-4-8-13(11)12;1-5(2,3)4(6)7;1-3-2;;;/h1-5,7-8H,9H2;1-3H3,(H2,6,7);3H,1-2H3;2*1H;/q-1;;;;;+4/p-3. The van der Waals surface area contributed by atoms with E-state index in [0.29, 0.717) is 0 Å². The zero-order valence-corrected chi connectivity index (χ0v) is 21.1. The van der Waals surface area contributed by atoms with Gasteiger partial charge in [-0.2, -0.15) is 29.8 Å². The molecule has 1 radical (unpaired) electrons. The average molecular weight is 487 g/mol. The van der Waals surface area contributed by atoms with Gasteiger partial charge in [-0.1, -0.05) is 69.3 Å². The summed E-state index contributed by atoms with van der Waals surface area (Å²) >= 11 is -0.826. The molecule has 26 heavy (non-hydrogen) atoms. The summed E-state index contributed by atoms with van der Waals surface area (Å²) in [5.41, 5.74) is 11.6. The van der Waals surface area contributed by atoms with Gasteiger partial charge in [0.05, 0.1) is 5.91 Å². The normalized spacial score (nSPS) is 10.3. The van der Waals surface area contributed by atoms with E-state index in [0.717, 1.165) is 15.9 Å². The summed E-state index contributed by atoms with van der Waals surface area (Å²) in [7, 11) is 10.6. The Hall–Kier alpha value is -0.410. The third-order valence-corrected chi connectivity index (χ3v) is 3.30. The van der Waals surface area contributed by atoms with Crippen molar-refractivity contribution in [2.24, 2.45) is 5.41 Å². The minimum absolute atomic E-state index is 0.472. The van der Waals surface area contributed by atoms with E-state index in [1.165, 1.54) is 22.3 Å². The monoisotopic (exact) mass is 484 g/mol. The van der Waals surface area contributed by atoms with Gasteiger partial charge in [0, 0.05) is 14.9 Å². The average Bonchev–Trinajstić information content (AvgIpc) is 2.95. The van der Waals surface area contributed by atoms with Crippen LogP contribution in [0.5, 0.6) is 0 Å². The number of hydrogen-bond donors (Lipinski definition) is 0. The van der Waals surface area contributed by atoms with Crippen molar-refractivity contribution in [3.63, 3.8) is 0 Å². The Balaban J connectivity index is 0.000000411. The van der Waals surface area contributed by atoms with Gasteiger partial charge in [0.15, 0.2) is 0 Å². The van der Waals surface area contributed by atoms with E-state index < -0.39 is 32.2 Å². The molecule has 0 saturated heterocycles. The topological polar surface area (TPSA) is 40.9 Å². The minimum Gasteiger partial charge on any atom is -0.179 e. The van der Waals surface area contributed by atoms with E-state index in [2.05, 4.69) is 55.6 Å². The fourth-order valence-corrected chi connectivity index (χ4v) is 2.00. The molecule has 0 atom stereocenters. The van der Waals surface area contributed by atoms with Crippen LogP contribution in [-0.4, -0.2) is 15.4 Å². The van der Waals surface area contributed by atoms with Crippen LogP contribution in [-0.2, 0) is 32.1 Å². The summed E-state index contributed by atoms with van der Waals surface area (Å²) in [6.45, 7) is 9.59. The Morgan fingerprint density at radius 1 is 1.12 bits per heavy atom. The molecular weight excluding hydrogens is 460 g/mol. The first-order valence-electron chi connectivity index (χ1n) is 8.27. The number of nitrogens with one attached hydrogen (secondary N) is 1. The fraction of sp³-hybridized carbons (Fsp3) is 0.350. The number of rotatable bonds is 0.